The molecule has 0 fully saturated rings. The van der Waals surface area contributed by atoms with E-state index in [9.17, 15) is 22.8 Å². The van der Waals surface area contributed by atoms with Gasteiger partial charge in [0, 0.05) is 5.69 Å². The monoisotopic (exact) mass is 498 g/mol. The molecule has 0 radical (unpaired) electrons. The summed E-state index contributed by atoms with van der Waals surface area (Å²) in [7, 11) is -1.78. The summed E-state index contributed by atoms with van der Waals surface area (Å²) >= 11 is 6.05. The van der Waals surface area contributed by atoms with Gasteiger partial charge in [0.2, 0.25) is 15.9 Å². The minimum Gasteiger partial charge on any atom is -0.492 e. The van der Waals surface area contributed by atoms with Gasteiger partial charge in [0.15, 0.2) is 0 Å². The number of nitrogens with one attached hydrogen (secondary N) is 2. The van der Waals surface area contributed by atoms with Crippen molar-refractivity contribution in [3.63, 3.8) is 0 Å². The predicted octanol–water partition coefficient (Wildman–Crippen LogP) is 2.62. The minimum atomic E-state index is -4.10. The summed E-state index contributed by atoms with van der Waals surface area (Å²) in [6, 6.07) is 6.51. The zero-order chi connectivity index (χ0) is 24.8. The molecule has 0 heterocycles. The number of carbonyl (C=O) groups is 3. The molecule has 0 aromatic heterocycles. The van der Waals surface area contributed by atoms with Gasteiger partial charge in [0.25, 0.3) is 0 Å². The van der Waals surface area contributed by atoms with Crippen molar-refractivity contribution in [2.75, 3.05) is 26.1 Å². The second-order valence-electron chi connectivity index (χ2n) is 6.64. The normalized spacial score (nSPS) is 11.9. The summed E-state index contributed by atoms with van der Waals surface area (Å²) in [5.41, 5.74) is 0.0550. The maximum absolute atomic E-state index is 12.7. The van der Waals surface area contributed by atoms with Gasteiger partial charge in [-0.05, 0) is 50.2 Å². The molecule has 0 saturated carbocycles. The second kappa shape index (κ2) is 11.1. The van der Waals surface area contributed by atoms with Crippen LogP contribution in [0.4, 0.5) is 5.69 Å². The zero-order valence-electron chi connectivity index (χ0n) is 18.3. The third kappa shape index (κ3) is 6.67. The summed E-state index contributed by atoms with van der Waals surface area (Å²) in [4.78, 5) is 36.2. The van der Waals surface area contributed by atoms with Crippen molar-refractivity contribution < 1.29 is 37.0 Å². The van der Waals surface area contributed by atoms with Crippen LogP contribution in [0.15, 0.2) is 41.3 Å². The van der Waals surface area contributed by atoms with Crippen LogP contribution in [0.5, 0.6) is 5.75 Å². The molecule has 10 nitrogen and oxygen atoms in total. The average molecular weight is 499 g/mol. The first-order valence-electron chi connectivity index (χ1n) is 9.59. The Bertz CT molecular complexity index is 1130. The Balaban J connectivity index is 2.22. The first-order valence-corrected chi connectivity index (χ1v) is 11.5. The Morgan fingerprint density at radius 1 is 1.00 bits per heavy atom. The maximum atomic E-state index is 12.7. The fourth-order valence-electron chi connectivity index (χ4n) is 2.70. The van der Waals surface area contributed by atoms with Crippen LogP contribution in [0.2, 0.25) is 5.02 Å². The van der Waals surface area contributed by atoms with Crippen molar-refractivity contribution in [2.24, 2.45) is 0 Å². The van der Waals surface area contributed by atoms with E-state index in [1.165, 1.54) is 43.3 Å². The van der Waals surface area contributed by atoms with Gasteiger partial charge in [-0.25, -0.2) is 18.0 Å². The quantitative estimate of drug-likeness (QED) is 0.503. The molecular formula is C21H23ClN2O8S. The maximum Gasteiger partial charge on any atom is 0.337 e. The number of hydrogen-bond donors (Lipinski definition) is 2. The van der Waals surface area contributed by atoms with Crippen LogP contribution >= 0.6 is 11.6 Å². The van der Waals surface area contributed by atoms with Crippen LogP contribution in [0, 0.1) is 0 Å². The van der Waals surface area contributed by atoms with Gasteiger partial charge in [-0.2, -0.15) is 4.72 Å². The molecule has 0 bridgehead atoms. The van der Waals surface area contributed by atoms with Crippen molar-refractivity contribution in [3.05, 3.63) is 52.5 Å². The fraction of sp³-hybridized carbons (Fsp3) is 0.286. The first-order chi connectivity index (χ1) is 15.5. The van der Waals surface area contributed by atoms with E-state index in [0.717, 1.165) is 14.2 Å². The van der Waals surface area contributed by atoms with Crippen LogP contribution in [0.3, 0.4) is 0 Å². The Kier molecular flexibility index (Phi) is 8.80. The van der Waals surface area contributed by atoms with Gasteiger partial charge < -0.3 is 19.5 Å². The highest BCUT2D eigenvalue weighted by Crippen LogP contribution is 2.27. The molecule has 1 atom stereocenters. The Morgan fingerprint density at radius 3 is 2.06 bits per heavy atom. The highest BCUT2D eigenvalue weighted by atomic mass is 35.5. The van der Waals surface area contributed by atoms with Gasteiger partial charge in [-0.3, -0.25) is 4.79 Å². The lowest BCUT2D eigenvalue weighted by atomic mass is 10.1. The van der Waals surface area contributed by atoms with Gasteiger partial charge in [-0.1, -0.05) is 11.6 Å². The molecule has 0 spiro atoms. The predicted molar refractivity (Wildman–Crippen MR) is 120 cm³/mol. The fourth-order valence-corrected chi connectivity index (χ4v) is 4.23. The molecular weight excluding hydrogens is 476 g/mol. The van der Waals surface area contributed by atoms with E-state index in [1.54, 1.807) is 6.92 Å². The molecule has 2 aromatic carbocycles. The van der Waals surface area contributed by atoms with Crippen molar-refractivity contribution in [2.45, 2.75) is 24.8 Å². The largest absolute Gasteiger partial charge is 0.492 e. The van der Waals surface area contributed by atoms with Crippen LogP contribution < -0.4 is 14.8 Å². The smallest absolute Gasteiger partial charge is 0.337 e. The Labute approximate surface area is 196 Å². The number of anilines is 1. The molecule has 1 amide bonds. The summed E-state index contributed by atoms with van der Waals surface area (Å²) in [6.07, 6.45) is 0. The molecule has 0 aliphatic heterocycles. The molecule has 0 saturated heterocycles. The minimum absolute atomic E-state index is 0.00652. The summed E-state index contributed by atoms with van der Waals surface area (Å²) in [5, 5.41) is 2.57. The summed E-state index contributed by atoms with van der Waals surface area (Å²) in [5.74, 6) is -1.89. The van der Waals surface area contributed by atoms with E-state index >= 15 is 0 Å². The Morgan fingerprint density at radius 2 is 1.58 bits per heavy atom. The van der Waals surface area contributed by atoms with Crippen molar-refractivity contribution in [1.82, 2.24) is 4.72 Å². The van der Waals surface area contributed by atoms with Gasteiger partial charge >= 0.3 is 11.9 Å². The SMILES string of the molecule is CCOc1ccc(S(=O)(=O)N[C@H](C)C(=O)Nc2cc(C(=O)OC)cc(C(=O)OC)c2)cc1Cl. The number of carbonyl (C=O) groups excluding carboxylic acids is 3. The summed E-state index contributed by atoms with van der Waals surface area (Å²) < 4.78 is 42.2. The number of sulfonamides is 1. The summed E-state index contributed by atoms with van der Waals surface area (Å²) in [6.45, 7) is 3.45. The number of rotatable bonds is 9. The zero-order valence-corrected chi connectivity index (χ0v) is 19.9. The molecule has 0 aliphatic rings. The molecule has 0 unspecified atom stereocenters. The van der Waals surface area contributed by atoms with Crippen LogP contribution in [-0.4, -0.2) is 53.1 Å². The number of hydrogen-bond acceptors (Lipinski definition) is 8. The van der Waals surface area contributed by atoms with E-state index in [4.69, 9.17) is 16.3 Å². The van der Waals surface area contributed by atoms with Gasteiger partial charge in [-0.15, -0.1) is 0 Å². The van der Waals surface area contributed by atoms with E-state index in [1.807, 2.05) is 0 Å². The highest BCUT2D eigenvalue weighted by Gasteiger charge is 2.24. The lowest BCUT2D eigenvalue weighted by molar-refractivity contribution is -0.117. The Hall–Kier alpha value is -3.15. The van der Waals surface area contributed by atoms with Crippen molar-refractivity contribution in [3.8, 4) is 5.75 Å². The number of methoxy groups -OCH3 is 2. The van der Waals surface area contributed by atoms with Gasteiger partial charge in [0.05, 0.1) is 47.9 Å². The number of esters is 2. The van der Waals surface area contributed by atoms with E-state index in [2.05, 4.69) is 19.5 Å². The molecule has 2 aromatic rings. The lowest BCUT2D eigenvalue weighted by Crippen LogP contribution is -2.41. The second-order valence-corrected chi connectivity index (χ2v) is 8.76. The standard InChI is InChI=1S/C21H23ClN2O8S/c1-5-32-18-7-6-16(11-17(18)22)33(28,29)24-12(2)19(25)23-15-9-13(20(26)30-3)8-14(10-15)21(27)31-4/h6-12,24H,5H2,1-4H3,(H,23,25)/t12-/m1/s1. The van der Waals surface area contributed by atoms with Crippen LogP contribution in [0.25, 0.3) is 0 Å². The van der Waals surface area contributed by atoms with Crippen LogP contribution in [-0.2, 0) is 24.3 Å². The van der Waals surface area contributed by atoms with E-state index in [-0.39, 0.29) is 26.7 Å². The van der Waals surface area contributed by atoms with E-state index < -0.39 is 33.9 Å². The van der Waals surface area contributed by atoms with Crippen LogP contribution in [0.1, 0.15) is 34.6 Å². The third-order valence-corrected chi connectivity index (χ3v) is 6.12. The first kappa shape index (κ1) is 26.1. The average Bonchev–Trinajstić information content (AvgIpc) is 2.78. The molecule has 33 heavy (non-hydrogen) atoms. The molecule has 12 heteroatoms. The van der Waals surface area contributed by atoms with Crippen molar-refractivity contribution in [1.29, 1.82) is 0 Å². The van der Waals surface area contributed by atoms with Crippen molar-refractivity contribution >= 4 is 45.2 Å². The topological polar surface area (TPSA) is 137 Å². The lowest BCUT2D eigenvalue weighted by Gasteiger charge is -2.16. The third-order valence-electron chi connectivity index (χ3n) is 4.28. The van der Waals surface area contributed by atoms with Gasteiger partial charge in [0.1, 0.15) is 5.75 Å². The molecule has 178 valence electrons. The highest BCUT2D eigenvalue weighted by molar-refractivity contribution is 7.89. The number of amides is 1. The molecule has 0 aliphatic carbocycles. The van der Waals surface area contributed by atoms with E-state index in [0.29, 0.717) is 12.4 Å². The molecule has 2 rings (SSSR count). The number of ether oxygens (including phenoxy) is 3. The molecule has 2 N–H and O–H groups in total. The number of benzene rings is 2. The number of halogens is 1.